The van der Waals surface area contributed by atoms with Crippen LogP contribution in [0.2, 0.25) is 0 Å². The van der Waals surface area contributed by atoms with Crippen molar-refractivity contribution < 1.29 is 9.90 Å². The molecule has 0 radical (unpaired) electrons. The van der Waals surface area contributed by atoms with E-state index in [1.54, 1.807) is 5.38 Å². The molecule has 5 heteroatoms. The van der Waals surface area contributed by atoms with Crippen molar-refractivity contribution in [2.75, 3.05) is 11.9 Å². The van der Waals surface area contributed by atoms with Gasteiger partial charge in [0.1, 0.15) is 0 Å². The van der Waals surface area contributed by atoms with Crippen LogP contribution >= 0.6 is 11.3 Å². The van der Waals surface area contributed by atoms with Crippen molar-refractivity contribution in [3.63, 3.8) is 0 Å². The van der Waals surface area contributed by atoms with Crippen LogP contribution in [0.1, 0.15) is 49.5 Å². The minimum atomic E-state index is -0.958. The van der Waals surface area contributed by atoms with Gasteiger partial charge in [-0.15, -0.1) is 11.3 Å². The number of nitrogens with one attached hydrogen (secondary N) is 1. The first-order chi connectivity index (χ1) is 8.65. The van der Waals surface area contributed by atoms with Crippen LogP contribution < -0.4 is 5.32 Å². The van der Waals surface area contributed by atoms with E-state index in [1.165, 1.54) is 37.0 Å². The average molecular weight is 268 g/mol. The molecule has 4 nitrogen and oxygen atoms in total. The van der Waals surface area contributed by atoms with Gasteiger partial charge in [0.05, 0.1) is 0 Å². The lowest BCUT2D eigenvalue weighted by molar-refractivity contribution is 0.0691. The third kappa shape index (κ3) is 3.70. The molecule has 18 heavy (non-hydrogen) atoms. The summed E-state index contributed by atoms with van der Waals surface area (Å²) in [4.78, 5) is 14.7. The van der Waals surface area contributed by atoms with E-state index < -0.39 is 5.97 Å². The van der Waals surface area contributed by atoms with Crippen LogP contribution in [0.25, 0.3) is 0 Å². The van der Waals surface area contributed by atoms with Crippen LogP contribution in [0.3, 0.4) is 0 Å². The lowest BCUT2D eigenvalue weighted by Gasteiger charge is -2.26. The van der Waals surface area contributed by atoms with Crippen molar-refractivity contribution in [1.29, 1.82) is 0 Å². The van der Waals surface area contributed by atoms with Crippen LogP contribution in [0.5, 0.6) is 0 Å². The van der Waals surface area contributed by atoms with Crippen molar-refractivity contribution in [3.8, 4) is 0 Å². The largest absolute Gasteiger partial charge is 0.476 e. The van der Waals surface area contributed by atoms with Gasteiger partial charge in [-0.05, 0) is 18.3 Å². The summed E-state index contributed by atoms with van der Waals surface area (Å²) in [5, 5.41) is 14.3. The van der Waals surface area contributed by atoms with Gasteiger partial charge >= 0.3 is 5.97 Å². The van der Waals surface area contributed by atoms with E-state index in [1.807, 2.05) is 0 Å². The highest BCUT2D eigenvalue weighted by Crippen LogP contribution is 2.30. The number of carboxylic acids is 1. The SMILES string of the molecule is CC1CCC(CCNc2nc(C(=O)O)cs2)CC1. The Kier molecular flexibility index (Phi) is 4.58. The van der Waals surface area contributed by atoms with Crippen molar-refractivity contribution in [1.82, 2.24) is 4.98 Å². The molecule has 0 atom stereocenters. The monoisotopic (exact) mass is 268 g/mol. The summed E-state index contributed by atoms with van der Waals surface area (Å²) in [6.45, 7) is 3.23. The number of anilines is 1. The molecule has 1 fully saturated rings. The standard InChI is InChI=1S/C13H20N2O2S/c1-9-2-4-10(5-3-9)6-7-14-13-15-11(8-18-13)12(16)17/h8-10H,2-7H2,1H3,(H,14,15)(H,16,17). The fourth-order valence-corrected chi connectivity index (χ4v) is 3.17. The van der Waals surface area contributed by atoms with E-state index in [-0.39, 0.29) is 5.69 Å². The van der Waals surface area contributed by atoms with Crippen LogP contribution in [0.4, 0.5) is 5.13 Å². The summed E-state index contributed by atoms with van der Waals surface area (Å²) in [5.74, 6) is 0.763. The molecule has 0 aliphatic heterocycles. The molecule has 1 aromatic heterocycles. The van der Waals surface area contributed by atoms with Crippen molar-refractivity contribution in [2.45, 2.75) is 39.0 Å². The van der Waals surface area contributed by atoms with Gasteiger partial charge < -0.3 is 10.4 Å². The number of hydrogen-bond donors (Lipinski definition) is 2. The van der Waals surface area contributed by atoms with Gasteiger partial charge in [0.2, 0.25) is 0 Å². The lowest BCUT2D eigenvalue weighted by atomic mass is 9.81. The Morgan fingerprint density at radius 3 is 2.83 bits per heavy atom. The number of aromatic nitrogens is 1. The second-order valence-corrected chi connectivity index (χ2v) is 6.04. The van der Waals surface area contributed by atoms with Crippen LogP contribution in [0, 0.1) is 11.8 Å². The Morgan fingerprint density at radius 1 is 1.50 bits per heavy atom. The highest BCUT2D eigenvalue weighted by molar-refractivity contribution is 7.13. The Balaban J connectivity index is 1.70. The second-order valence-electron chi connectivity index (χ2n) is 5.18. The van der Waals surface area contributed by atoms with E-state index in [4.69, 9.17) is 5.11 Å². The van der Waals surface area contributed by atoms with E-state index >= 15 is 0 Å². The fraction of sp³-hybridized carbons (Fsp3) is 0.692. The van der Waals surface area contributed by atoms with Gasteiger partial charge in [0.15, 0.2) is 10.8 Å². The third-order valence-electron chi connectivity index (χ3n) is 3.69. The van der Waals surface area contributed by atoms with E-state index in [9.17, 15) is 4.79 Å². The predicted octanol–water partition coefficient (Wildman–Crippen LogP) is 3.47. The zero-order valence-electron chi connectivity index (χ0n) is 10.7. The first-order valence-electron chi connectivity index (χ1n) is 6.58. The summed E-state index contributed by atoms with van der Waals surface area (Å²) < 4.78 is 0. The molecule has 0 unspecified atom stereocenters. The Labute approximate surface area is 111 Å². The highest BCUT2D eigenvalue weighted by atomic mass is 32.1. The molecule has 100 valence electrons. The third-order valence-corrected chi connectivity index (χ3v) is 4.49. The maximum absolute atomic E-state index is 10.7. The summed E-state index contributed by atoms with van der Waals surface area (Å²) in [5.41, 5.74) is 0.133. The topological polar surface area (TPSA) is 62.2 Å². The molecular formula is C13H20N2O2S. The molecule has 1 aromatic rings. The zero-order valence-corrected chi connectivity index (χ0v) is 11.5. The maximum Gasteiger partial charge on any atom is 0.355 e. The average Bonchev–Trinajstić information content (AvgIpc) is 2.81. The number of carboxylic acid groups (broad SMARTS) is 1. The first kappa shape index (κ1) is 13.3. The van der Waals surface area contributed by atoms with Crippen LogP contribution in [0.15, 0.2) is 5.38 Å². The Hall–Kier alpha value is -1.10. The predicted molar refractivity (Wildman–Crippen MR) is 73.3 cm³/mol. The highest BCUT2D eigenvalue weighted by Gasteiger charge is 2.17. The molecule has 1 aliphatic carbocycles. The van der Waals surface area contributed by atoms with Crippen molar-refractivity contribution >= 4 is 22.4 Å². The van der Waals surface area contributed by atoms with Crippen molar-refractivity contribution in [3.05, 3.63) is 11.1 Å². The Bertz CT molecular complexity index is 397. The molecule has 0 saturated heterocycles. The molecule has 2 rings (SSSR count). The second kappa shape index (κ2) is 6.18. The van der Waals surface area contributed by atoms with Gasteiger partial charge in [-0.25, -0.2) is 9.78 Å². The van der Waals surface area contributed by atoms with Gasteiger partial charge in [-0.3, -0.25) is 0 Å². The maximum atomic E-state index is 10.7. The smallest absolute Gasteiger partial charge is 0.355 e. The molecule has 2 N–H and O–H groups in total. The van der Waals surface area contributed by atoms with Gasteiger partial charge in [0.25, 0.3) is 0 Å². The van der Waals surface area contributed by atoms with Crippen LogP contribution in [-0.2, 0) is 0 Å². The van der Waals surface area contributed by atoms with E-state index in [0.29, 0.717) is 0 Å². The zero-order chi connectivity index (χ0) is 13.0. The molecular weight excluding hydrogens is 248 g/mol. The number of thiazole rings is 1. The molecule has 1 saturated carbocycles. The molecule has 0 spiro atoms. The van der Waals surface area contributed by atoms with Crippen LogP contribution in [-0.4, -0.2) is 22.6 Å². The fourth-order valence-electron chi connectivity index (χ4n) is 2.45. The number of hydrogen-bond acceptors (Lipinski definition) is 4. The summed E-state index contributed by atoms with van der Waals surface area (Å²) in [6.07, 6.45) is 6.53. The normalized spacial score (nSPS) is 23.8. The number of carbonyl (C=O) groups is 1. The van der Waals surface area contributed by atoms with E-state index in [0.717, 1.165) is 29.9 Å². The minimum Gasteiger partial charge on any atom is -0.476 e. The lowest BCUT2D eigenvalue weighted by Crippen LogP contribution is -2.15. The summed E-state index contributed by atoms with van der Waals surface area (Å²) >= 11 is 1.36. The molecule has 0 aromatic carbocycles. The molecule has 0 amide bonds. The number of rotatable bonds is 5. The van der Waals surface area contributed by atoms with Gasteiger partial charge in [-0.1, -0.05) is 32.6 Å². The Morgan fingerprint density at radius 2 is 2.22 bits per heavy atom. The molecule has 1 heterocycles. The minimum absolute atomic E-state index is 0.133. The molecule has 0 bridgehead atoms. The summed E-state index contributed by atoms with van der Waals surface area (Å²) in [7, 11) is 0. The molecule has 1 aliphatic rings. The summed E-state index contributed by atoms with van der Waals surface area (Å²) in [6, 6.07) is 0. The van der Waals surface area contributed by atoms with E-state index in [2.05, 4.69) is 17.2 Å². The number of nitrogens with zero attached hydrogens (tertiary/aromatic N) is 1. The quantitative estimate of drug-likeness (QED) is 0.858. The van der Waals surface area contributed by atoms with Gasteiger partial charge in [-0.2, -0.15) is 0 Å². The number of aromatic carboxylic acids is 1. The van der Waals surface area contributed by atoms with Crippen molar-refractivity contribution in [2.24, 2.45) is 11.8 Å². The first-order valence-corrected chi connectivity index (χ1v) is 7.46. The van der Waals surface area contributed by atoms with Gasteiger partial charge in [0, 0.05) is 11.9 Å².